The van der Waals surface area contributed by atoms with Crippen molar-refractivity contribution in [1.82, 2.24) is 10.1 Å². The third-order valence-corrected chi connectivity index (χ3v) is 4.90. The van der Waals surface area contributed by atoms with Crippen molar-refractivity contribution in [3.63, 3.8) is 0 Å². The minimum atomic E-state index is -0.642. The molecule has 0 saturated heterocycles. The lowest BCUT2D eigenvalue weighted by atomic mass is 10.1. The largest absolute Gasteiger partial charge is 0.464 e. The number of anilines is 1. The number of carbonyl (C=O) groups excluding carboxylic acids is 2. The number of ether oxygens (including phenoxy) is 1. The smallest absolute Gasteiger partial charge is 0.358 e. The Hall–Kier alpha value is -3.07. The van der Waals surface area contributed by atoms with Gasteiger partial charge < -0.3 is 14.6 Å². The van der Waals surface area contributed by atoms with Gasteiger partial charge in [-0.15, -0.1) is 0 Å². The molecule has 0 unspecified atom stereocenters. The maximum atomic E-state index is 13.2. The zero-order valence-electron chi connectivity index (χ0n) is 14.8. The van der Waals surface area contributed by atoms with E-state index in [-0.39, 0.29) is 23.2 Å². The second kappa shape index (κ2) is 7.67. The molecular formula is C18H16FN3O4S. The molecule has 0 saturated carbocycles. The van der Waals surface area contributed by atoms with E-state index in [1.165, 1.54) is 31.4 Å². The molecule has 140 valence electrons. The van der Waals surface area contributed by atoms with Gasteiger partial charge in [-0.25, -0.2) is 14.2 Å². The predicted molar refractivity (Wildman–Crippen MR) is 97.2 cm³/mol. The number of hydrogen-bond donors (Lipinski definition) is 1. The molecule has 0 aliphatic heterocycles. The zero-order chi connectivity index (χ0) is 19.6. The molecule has 3 aromatic rings. The first-order chi connectivity index (χ1) is 12.9. The van der Waals surface area contributed by atoms with Gasteiger partial charge in [-0.05, 0) is 31.5 Å². The van der Waals surface area contributed by atoms with Crippen LogP contribution in [0.1, 0.15) is 27.5 Å². The van der Waals surface area contributed by atoms with Crippen molar-refractivity contribution in [2.45, 2.75) is 20.3 Å². The van der Waals surface area contributed by atoms with Gasteiger partial charge >= 0.3 is 5.97 Å². The van der Waals surface area contributed by atoms with Gasteiger partial charge in [0.25, 0.3) is 0 Å². The van der Waals surface area contributed by atoms with Crippen LogP contribution in [0.25, 0.3) is 10.4 Å². The number of aryl methyl sites for hydroxylation is 2. The maximum absolute atomic E-state index is 13.2. The van der Waals surface area contributed by atoms with E-state index in [1.807, 2.05) is 0 Å². The first-order valence-electron chi connectivity index (χ1n) is 7.95. The number of benzene rings is 1. The second-order valence-electron chi connectivity index (χ2n) is 5.72. The fourth-order valence-corrected chi connectivity index (χ4v) is 3.46. The topological polar surface area (TPSA) is 94.3 Å². The number of aromatic nitrogens is 2. The molecule has 0 spiro atoms. The number of nitrogens with one attached hydrogen (secondary N) is 1. The molecule has 1 amide bonds. The van der Waals surface area contributed by atoms with E-state index < -0.39 is 11.8 Å². The summed E-state index contributed by atoms with van der Waals surface area (Å²) in [6.45, 7) is 3.48. The van der Waals surface area contributed by atoms with Crippen LogP contribution in [-0.4, -0.2) is 29.1 Å². The van der Waals surface area contributed by atoms with E-state index in [2.05, 4.69) is 15.5 Å². The molecule has 2 heterocycles. The monoisotopic (exact) mass is 389 g/mol. The Balaban J connectivity index is 1.86. The summed E-state index contributed by atoms with van der Waals surface area (Å²) in [6.07, 6.45) is 0.0696. The highest BCUT2D eigenvalue weighted by atomic mass is 32.1. The molecule has 0 bridgehead atoms. The standard InChI is InChI=1S/C18H16FN3O4S/c1-9-13(10(2)26-22-9)8-14(23)20-18-21-15(17(24)25-3)16(27-18)11-4-6-12(19)7-5-11/h4-7H,8H2,1-3H3,(H,20,21,23). The van der Waals surface area contributed by atoms with Gasteiger partial charge in [0.15, 0.2) is 10.8 Å². The van der Waals surface area contributed by atoms with Crippen molar-refractivity contribution >= 4 is 28.3 Å². The van der Waals surface area contributed by atoms with Gasteiger partial charge in [0.05, 0.1) is 24.1 Å². The second-order valence-corrected chi connectivity index (χ2v) is 6.72. The molecule has 1 N–H and O–H groups in total. The molecule has 2 aromatic heterocycles. The molecule has 7 nitrogen and oxygen atoms in total. The zero-order valence-corrected chi connectivity index (χ0v) is 15.6. The summed E-state index contributed by atoms with van der Waals surface area (Å²) in [4.78, 5) is 29.0. The van der Waals surface area contributed by atoms with Crippen LogP contribution in [0.2, 0.25) is 0 Å². The fraction of sp³-hybridized carbons (Fsp3) is 0.222. The third kappa shape index (κ3) is 4.03. The lowest BCUT2D eigenvalue weighted by molar-refractivity contribution is -0.115. The first kappa shape index (κ1) is 18.7. The van der Waals surface area contributed by atoms with E-state index in [0.717, 1.165) is 11.3 Å². The molecule has 0 atom stereocenters. The van der Waals surface area contributed by atoms with Crippen LogP contribution in [0.3, 0.4) is 0 Å². The fourth-order valence-electron chi connectivity index (χ4n) is 2.48. The summed E-state index contributed by atoms with van der Waals surface area (Å²) in [7, 11) is 1.24. The maximum Gasteiger partial charge on any atom is 0.358 e. The summed E-state index contributed by atoms with van der Waals surface area (Å²) < 4.78 is 23.0. The Labute approximate surface area is 158 Å². The lowest BCUT2D eigenvalue weighted by Gasteiger charge is -2.01. The van der Waals surface area contributed by atoms with Crippen molar-refractivity contribution in [3.05, 3.63) is 52.8 Å². The highest BCUT2D eigenvalue weighted by molar-refractivity contribution is 7.19. The number of amides is 1. The van der Waals surface area contributed by atoms with E-state index in [4.69, 9.17) is 9.26 Å². The van der Waals surface area contributed by atoms with Crippen molar-refractivity contribution in [3.8, 4) is 10.4 Å². The number of methoxy groups -OCH3 is 1. The van der Waals surface area contributed by atoms with Gasteiger partial charge in [-0.1, -0.05) is 28.6 Å². The van der Waals surface area contributed by atoms with Crippen molar-refractivity contribution in [1.29, 1.82) is 0 Å². The molecule has 1 aromatic carbocycles. The number of rotatable bonds is 5. The number of nitrogens with zero attached hydrogens (tertiary/aromatic N) is 2. The molecule has 0 aliphatic carbocycles. The van der Waals surface area contributed by atoms with Crippen LogP contribution < -0.4 is 5.32 Å². The molecule has 0 fully saturated rings. The normalized spacial score (nSPS) is 10.7. The Morgan fingerprint density at radius 2 is 1.96 bits per heavy atom. The summed E-state index contributed by atoms with van der Waals surface area (Å²) in [5.74, 6) is -0.781. The van der Waals surface area contributed by atoms with E-state index in [0.29, 0.717) is 27.5 Å². The Morgan fingerprint density at radius 3 is 2.56 bits per heavy atom. The minimum Gasteiger partial charge on any atom is -0.464 e. The van der Waals surface area contributed by atoms with Crippen LogP contribution in [0, 0.1) is 19.7 Å². The van der Waals surface area contributed by atoms with Gasteiger partial charge in [0, 0.05) is 5.56 Å². The molecular weight excluding hydrogens is 373 g/mol. The number of halogens is 1. The van der Waals surface area contributed by atoms with E-state index >= 15 is 0 Å². The van der Waals surface area contributed by atoms with Gasteiger partial charge in [-0.3, -0.25) is 4.79 Å². The van der Waals surface area contributed by atoms with Crippen molar-refractivity contribution < 1.29 is 23.2 Å². The molecule has 0 radical (unpaired) electrons. The van der Waals surface area contributed by atoms with E-state index in [9.17, 15) is 14.0 Å². The Kier molecular flexibility index (Phi) is 5.31. The lowest BCUT2D eigenvalue weighted by Crippen LogP contribution is -2.15. The molecule has 0 aliphatic rings. The summed E-state index contributed by atoms with van der Waals surface area (Å²) >= 11 is 1.11. The average molecular weight is 389 g/mol. The van der Waals surface area contributed by atoms with Gasteiger partial charge in [-0.2, -0.15) is 0 Å². The molecule has 3 rings (SSSR count). The Morgan fingerprint density at radius 1 is 1.26 bits per heavy atom. The number of thiazole rings is 1. The average Bonchev–Trinajstić information content (AvgIpc) is 3.20. The minimum absolute atomic E-state index is 0.0572. The number of carbonyl (C=O) groups is 2. The quantitative estimate of drug-likeness (QED) is 0.671. The summed E-state index contributed by atoms with van der Waals surface area (Å²) in [5, 5.41) is 6.73. The number of hydrogen-bond acceptors (Lipinski definition) is 7. The van der Waals surface area contributed by atoms with E-state index in [1.54, 1.807) is 13.8 Å². The third-order valence-electron chi connectivity index (χ3n) is 3.88. The van der Waals surface area contributed by atoms with Crippen molar-refractivity contribution in [2.24, 2.45) is 0 Å². The molecule has 9 heteroatoms. The summed E-state index contributed by atoms with van der Waals surface area (Å²) in [6, 6.07) is 5.63. The summed E-state index contributed by atoms with van der Waals surface area (Å²) in [5.41, 5.74) is 2.00. The van der Waals surface area contributed by atoms with Crippen LogP contribution in [0.5, 0.6) is 0 Å². The van der Waals surface area contributed by atoms with Crippen LogP contribution in [0.15, 0.2) is 28.8 Å². The van der Waals surface area contributed by atoms with Gasteiger partial charge in [0.2, 0.25) is 5.91 Å². The number of esters is 1. The Bertz CT molecular complexity index is 975. The van der Waals surface area contributed by atoms with Crippen LogP contribution >= 0.6 is 11.3 Å². The van der Waals surface area contributed by atoms with Crippen LogP contribution in [-0.2, 0) is 16.0 Å². The van der Waals surface area contributed by atoms with Crippen LogP contribution in [0.4, 0.5) is 9.52 Å². The predicted octanol–water partition coefficient (Wildman–Crippen LogP) is 3.52. The van der Waals surface area contributed by atoms with Gasteiger partial charge in [0.1, 0.15) is 11.6 Å². The highest BCUT2D eigenvalue weighted by Gasteiger charge is 2.22. The van der Waals surface area contributed by atoms with Crippen molar-refractivity contribution in [2.75, 3.05) is 12.4 Å². The first-order valence-corrected chi connectivity index (χ1v) is 8.77. The highest BCUT2D eigenvalue weighted by Crippen LogP contribution is 2.33. The molecule has 27 heavy (non-hydrogen) atoms. The SMILES string of the molecule is COC(=O)c1nc(NC(=O)Cc2c(C)noc2C)sc1-c1ccc(F)cc1.